The van der Waals surface area contributed by atoms with Crippen LogP contribution in [0.4, 0.5) is 4.39 Å². The van der Waals surface area contributed by atoms with E-state index in [2.05, 4.69) is 15.2 Å². The number of carbonyl (C=O) groups excluding carboxylic acids is 1. The SMILES string of the molecule is O=C1CN(Cc2cccc3nonc23)CCN1Cc1ccccc1F. The van der Waals surface area contributed by atoms with Crippen LogP contribution in [0, 0.1) is 5.82 Å². The Morgan fingerprint density at radius 3 is 2.68 bits per heavy atom. The molecule has 4 rings (SSSR count). The molecule has 0 atom stereocenters. The van der Waals surface area contributed by atoms with Crippen LogP contribution >= 0.6 is 0 Å². The monoisotopic (exact) mass is 340 g/mol. The Balaban J connectivity index is 1.42. The molecule has 0 aliphatic carbocycles. The summed E-state index contributed by atoms with van der Waals surface area (Å²) in [6, 6.07) is 12.3. The summed E-state index contributed by atoms with van der Waals surface area (Å²) in [6.07, 6.45) is 0. The summed E-state index contributed by atoms with van der Waals surface area (Å²) in [5, 5.41) is 7.77. The zero-order valence-electron chi connectivity index (χ0n) is 13.6. The summed E-state index contributed by atoms with van der Waals surface area (Å²) in [4.78, 5) is 16.2. The van der Waals surface area contributed by atoms with Crippen molar-refractivity contribution in [3.8, 4) is 0 Å². The maximum Gasteiger partial charge on any atom is 0.237 e. The first-order valence-corrected chi connectivity index (χ1v) is 8.14. The maximum absolute atomic E-state index is 13.8. The molecule has 1 aliphatic heterocycles. The first kappa shape index (κ1) is 15.7. The molecule has 0 radical (unpaired) electrons. The predicted octanol–water partition coefficient (Wildman–Crippen LogP) is 2.21. The van der Waals surface area contributed by atoms with Crippen molar-refractivity contribution >= 4 is 16.9 Å². The van der Waals surface area contributed by atoms with Gasteiger partial charge in [0.2, 0.25) is 5.91 Å². The van der Waals surface area contributed by atoms with Gasteiger partial charge >= 0.3 is 0 Å². The van der Waals surface area contributed by atoms with Gasteiger partial charge in [0.1, 0.15) is 16.9 Å². The molecule has 2 heterocycles. The van der Waals surface area contributed by atoms with Crippen molar-refractivity contribution in [2.24, 2.45) is 0 Å². The van der Waals surface area contributed by atoms with Crippen LogP contribution in [0.1, 0.15) is 11.1 Å². The van der Waals surface area contributed by atoms with E-state index >= 15 is 0 Å². The number of amides is 1. The minimum atomic E-state index is -0.275. The molecule has 128 valence electrons. The van der Waals surface area contributed by atoms with Crippen LogP contribution in [0.15, 0.2) is 47.1 Å². The first-order valence-electron chi connectivity index (χ1n) is 8.14. The van der Waals surface area contributed by atoms with Gasteiger partial charge in [-0.15, -0.1) is 0 Å². The van der Waals surface area contributed by atoms with Gasteiger partial charge in [0.15, 0.2) is 0 Å². The second kappa shape index (κ2) is 6.60. The third-order valence-electron chi connectivity index (χ3n) is 4.48. The van der Waals surface area contributed by atoms with Gasteiger partial charge in [-0.3, -0.25) is 9.69 Å². The van der Waals surface area contributed by atoms with Gasteiger partial charge in [-0.05, 0) is 28.0 Å². The molecule has 6 nitrogen and oxygen atoms in total. The minimum absolute atomic E-state index is 0.0000409. The zero-order valence-corrected chi connectivity index (χ0v) is 13.6. The van der Waals surface area contributed by atoms with Crippen LogP contribution in [0.5, 0.6) is 0 Å². The quantitative estimate of drug-likeness (QED) is 0.729. The predicted molar refractivity (Wildman–Crippen MR) is 88.9 cm³/mol. The smallest absolute Gasteiger partial charge is 0.237 e. The Labute approximate surface area is 143 Å². The minimum Gasteiger partial charge on any atom is -0.336 e. The molecule has 3 aromatic rings. The van der Waals surface area contributed by atoms with Gasteiger partial charge in [0, 0.05) is 31.7 Å². The molecule has 0 spiro atoms. The molecule has 1 aromatic heterocycles. The van der Waals surface area contributed by atoms with E-state index in [1.807, 2.05) is 18.2 Å². The van der Waals surface area contributed by atoms with Gasteiger partial charge in [0.25, 0.3) is 0 Å². The molecule has 0 N–H and O–H groups in total. The van der Waals surface area contributed by atoms with E-state index in [9.17, 15) is 9.18 Å². The molecule has 0 unspecified atom stereocenters. The van der Waals surface area contributed by atoms with Crippen molar-refractivity contribution in [3.63, 3.8) is 0 Å². The summed E-state index contributed by atoms with van der Waals surface area (Å²) >= 11 is 0. The second-order valence-electron chi connectivity index (χ2n) is 6.17. The molecule has 1 saturated heterocycles. The van der Waals surface area contributed by atoms with Gasteiger partial charge < -0.3 is 4.90 Å². The molecular formula is C18H17FN4O2. The third kappa shape index (κ3) is 3.23. The number of nitrogens with zero attached hydrogens (tertiary/aromatic N) is 4. The van der Waals surface area contributed by atoms with Crippen LogP contribution in [0.25, 0.3) is 11.0 Å². The van der Waals surface area contributed by atoms with E-state index in [4.69, 9.17) is 4.63 Å². The van der Waals surface area contributed by atoms with Crippen LogP contribution < -0.4 is 0 Å². The number of piperazine rings is 1. The number of aromatic nitrogens is 2. The van der Waals surface area contributed by atoms with Crippen molar-refractivity contribution in [3.05, 3.63) is 59.4 Å². The average molecular weight is 340 g/mol. The highest BCUT2D eigenvalue weighted by atomic mass is 19.1. The van der Waals surface area contributed by atoms with Gasteiger partial charge in [0.05, 0.1) is 6.54 Å². The van der Waals surface area contributed by atoms with Crippen LogP contribution in [-0.2, 0) is 17.9 Å². The van der Waals surface area contributed by atoms with E-state index in [-0.39, 0.29) is 11.7 Å². The largest absolute Gasteiger partial charge is 0.336 e. The Hall–Kier alpha value is -2.80. The summed E-state index contributed by atoms with van der Waals surface area (Å²) in [6.45, 7) is 2.51. The highest BCUT2D eigenvalue weighted by molar-refractivity contribution is 5.79. The number of hydrogen-bond donors (Lipinski definition) is 0. The van der Waals surface area contributed by atoms with E-state index < -0.39 is 0 Å². The molecule has 0 bridgehead atoms. The van der Waals surface area contributed by atoms with Crippen molar-refractivity contribution < 1.29 is 13.8 Å². The number of fused-ring (bicyclic) bond motifs is 1. The molecular weight excluding hydrogens is 323 g/mol. The fourth-order valence-electron chi connectivity index (χ4n) is 3.12. The molecule has 7 heteroatoms. The fourth-order valence-corrected chi connectivity index (χ4v) is 3.12. The number of benzene rings is 2. The molecule has 1 amide bonds. The molecule has 2 aromatic carbocycles. The Kier molecular flexibility index (Phi) is 4.15. The third-order valence-corrected chi connectivity index (χ3v) is 4.48. The number of rotatable bonds is 4. The van der Waals surface area contributed by atoms with E-state index in [0.29, 0.717) is 37.3 Å². The maximum atomic E-state index is 13.8. The van der Waals surface area contributed by atoms with Crippen molar-refractivity contribution in [1.82, 2.24) is 20.1 Å². The van der Waals surface area contributed by atoms with Gasteiger partial charge in [-0.2, -0.15) is 0 Å². The van der Waals surface area contributed by atoms with Crippen LogP contribution in [-0.4, -0.2) is 45.7 Å². The lowest BCUT2D eigenvalue weighted by atomic mass is 10.1. The lowest BCUT2D eigenvalue weighted by Crippen LogP contribution is -2.49. The fraction of sp³-hybridized carbons (Fsp3) is 0.278. The standard InChI is InChI=1S/C18H17FN4O2/c19-15-6-2-1-4-13(15)11-23-9-8-22(12-17(23)24)10-14-5-3-7-16-18(14)21-25-20-16/h1-7H,8-12H2. The zero-order chi connectivity index (χ0) is 17.2. The van der Waals surface area contributed by atoms with Crippen LogP contribution in [0.2, 0.25) is 0 Å². The Morgan fingerprint density at radius 1 is 1.00 bits per heavy atom. The molecule has 25 heavy (non-hydrogen) atoms. The average Bonchev–Trinajstić information content (AvgIpc) is 3.09. The van der Waals surface area contributed by atoms with Gasteiger partial charge in [-0.1, -0.05) is 30.3 Å². The number of hydrogen-bond acceptors (Lipinski definition) is 5. The summed E-state index contributed by atoms with van der Waals surface area (Å²) in [5.74, 6) is -0.275. The van der Waals surface area contributed by atoms with Crippen LogP contribution in [0.3, 0.4) is 0 Å². The Bertz CT molecular complexity index is 911. The van der Waals surface area contributed by atoms with E-state index in [0.717, 1.165) is 17.6 Å². The first-order chi connectivity index (χ1) is 12.2. The van der Waals surface area contributed by atoms with Gasteiger partial charge in [-0.25, -0.2) is 9.02 Å². The summed E-state index contributed by atoms with van der Waals surface area (Å²) in [5.41, 5.74) is 2.96. The normalized spacial score (nSPS) is 15.9. The van der Waals surface area contributed by atoms with Crippen molar-refractivity contribution in [2.45, 2.75) is 13.1 Å². The van der Waals surface area contributed by atoms with Crippen molar-refractivity contribution in [2.75, 3.05) is 19.6 Å². The number of carbonyl (C=O) groups is 1. The second-order valence-corrected chi connectivity index (χ2v) is 6.17. The van der Waals surface area contributed by atoms with E-state index in [1.54, 1.807) is 23.1 Å². The molecule has 1 aliphatic rings. The molecule has 0 saturated carbocycles. The lowest BCUT2D eigenvalue weighted by molar-refractivity contribution is -0.136. The highest BCUT2D eigenvalue weighted by Gasteiger charge is 2.25. The molecule has 1 fully saturated rings. The topological polar surface area (TPSA) is 62.5 Å². The van der Waals surface area contributed by atoms with E-state index in [1.165, 1.54) is 6.07 Å². The summed E-state index contributed by atoms with van der Waals surface area (Å²) in [7, 11) is 0. The summed E-state index contributed by atoms with van der Waals surface area (Å²) < 4.78 is 18.6. The van der Waals surface area contributed by atoms with Crippen molar-refractivity contribution in [1.29, 1.82) is 0 Å². The number of halogens is 1. The lowest BCUT2D eigenvalue weighted by Gasteiger charge is -2.34. The Morgan fingerprint density at radius 2 is 1.84 bits per heavy atom. The highest BCUT2D eigenvalue weighted by Crippen LogP contribution is 2.18.